The number of esters is 1. The number of benzene rings is 2. The number of ether oxygens (including phenoxy) is 1. The van der Waals surface area contributed by atoms with Gasteiger partial charge >= 0.3 is 5.97 Å². The third-order valence-corrected chi connectivity index (χ3v) is 5.51. The maximum atomic E-state index is 13.0. The normalized spacial score (nSPS) is 24.6. The van der Waals surface area contributed by atoms with E-state index in [-0.39, 0.29) is 29.4 Å². The quantitative estimate of drug-likeness (QED) is 0.472. The zero-order valence-electron chi connectivity index (χ0n) is 15.1. The predicted molar refractivity (Wildman–Crippen MR) is 100 cm³/mol. The van der Waals surface area contributed by atoms with E-state index in [2.05, 4.69) is 6.92 Å². The van der Waals surface area contributed by atoms with Gasteiger partial charge < -0.3 is 4.74 Å². The van der Waals surface area contributed by atoms with Gasteiger partial charge in [0.2, 0.25) is 11.8 Å². The Labute approximate surface area is 157 Å². The van der Waals surface area contributed by atoms with E-state index in [4.69, 9.17) is 4.74 Å². The summed E-state index contributed by atoms with van der Waals surface area (Å²) in [6.45, 7) is 2.12. The van der Waals surface area contributed by atoms with Gasteiger partial charge in [-0.1, -0.05) is 37.3 Å². The molecule has 2 aromatic rings. The summed E-state index contributed by atoms with van der Waals surface area (Å²) in [5.74, 6) is -0.743. The van der Waals surface area contributed by atoms with Crippen molar-refractivity contribution in [1.82, 2.24) is 0 Å². The highest BCUT2D eigenvalue weighted by atomic mass is 16.5. The van der Waals surface area contributed by atoms with Crippen molar-refractivity contribution in [2.45, 2.75) is 26.2 Å². The first-order chi connectivity index (χ1) is 13.1. The molecule has 2 aliphatic rings. The van der Waals surface area contributed by atoms with Crippen LogP contribution in [0.25, 0.3) is 0 Å². The molecule has 3 atom stereocenters. The molecule has 5 heteroatoms. The van der Waals surface area contributed by atoms with Gasteiger partial charge in [0, 0.05) is 0 Å². The highest BCUT2D eigenvalue weighted by Crippen LogP contribution is 2.44. The standard InChI is InChI=1S/C22H21NO4/c1-14-11-12-16-17(13-14)21(25)23(20(16)24)18-9-5-6-10-19(18)27-22(26)15-7-3-2-4-8-15/h2-10,14,16-17H,11-13H2,1H3/t14-,16-,17+/m0/s1. The summed E-state index contributed by atoms with van der Waals surface area (Å²) < 4.78 is 5.53. The SMILES string of the molecule is C[C@H]1CC[C@@H]2C(=O)N(c3ccccc3OC(=O)c3ccccc3)C(=O)[C@@H]2C1. The molecule has 0 radical (unpaired) electrons. The topological polar surface area (TPSA) is 63.7 Å². The first kappa shape index (κ1) is 17.5. The van der Waals surface area contributed by atoms with Gasteiger partial charge in [-0.2, -0.15) is 0 Å². The minimum Gasteiger partial charge on any atom is -0.421 e. The zero-order chi connectivity index (χ0) is 19.0. The molecule has 2 amide bonds. The predicted octanol–water partition coefficient (Wildman–Crippen LogP) is 3.83. The second kappa shape index (κ2) is 6.99. The number of fused-ring (bicyclic) bond motifs is 1. The summed E-state index contributed by atoms with van der Waals surface area (Å²) in [5, 5.41) is 0. The molecule has 2 fully saturated rings. The van der Waals surface area contributed by atoms with E-state index in [1.807, 2.05) is 6.07 Å². The lowest BCUT2D eigenvalue weighted by Gasteiger charge is -2.25. The molecule has 1 saturated carbocycles. The van der Waals surface area contributed by atoms with Crippen LogP contribution in [0.15, 0.2) is 54.6 Å². The Hall–Kier alpha value is -2.95. The van der Waals surface area contributed by atoms with E-state index in [0.717, 1.165) is 19.3 Å². The van der Waals surface area contributed by atoms with Crippen LogP contribution >= 0.6 is 0 Å². The van der Waals surface area contributed by atoms with Gasteiger partial charge in [0.25, 0.3) is 0 Å². The van der Waals surface area contributed by atoms with Crippen LogP contribution in [0.5, 0.6) is 5.75 Å². The van der Waals surface area contributed by atoms with Crippen LogP contribution in [0.4, 0.5) is 5.69 Å². The average molecular weight is 363 g/mol. The maximum Gasteiger partial charge on any atom is 0.343 e. The lowest BCUT2D eigenvalue weighted by molar-refractivity contribution is -0.122. The highest BCUT2D eigenvalue weighted by molar-refractivity contribution is 6.22. The smallest absolute Gasteiger partial charge is 0.343 e. The van der Waals surface area contributed by atoms with E-state index < -0.39 is 5.97 Å². The molecular formula is C22H21NO4. The van der Waals surface area contributed by atoms with Crippen molar-refractivity contribution in [2.24, 2.45) is 17.8 Å². The van der Waals surface area contributed by atoms with Gasteiger partial charge in [-0.15, -0.1) is 0 Å². The monoisotopic (exact) mass is 363 g/mol. The van der Waals surface area contributed by atoms with E-state index in [0.29, 0.717) is 17.2 Å². The van der Waals surface area contributed by atoms with Gasteiger partial charge in [-0.3, -0.25) is 9.59 Å². The van der Waals surface area contributed by atoms with Crippen LogP contribution in [-0.2, 0) is 9.59 Å². The van der Waals surface area contributed by atoms with Crippen molar-refractivity contribution in [3.05, 3.63) is 60.2 Å². The second-order valence-corrected chi connectivity index (χ2v) is 7.37. The molecule has 0 bridgehead atoms. The van der Waals surface area contributed by atoms with Crippen molar-refractivity contribution in [3.63, 3.8) is 0 Å². The lowest BCUT2D eigenvalue weighted by Crippen LogP contribution is -2.31. The van der Waals surface area contributed by atoms with Gasteiger partial charge in [0.1, 0.15) is 0 Å². The molecule has 0 unspecified atom stereocenters. The fourth-order valence-corrected chi connectivity index (χ4v) is 4.09. The number of anilines is 1. The number of carbonyl (C=O) groups is 3. The van der Waals surface area contributed by atoms with Crippen LogP contribution in [-0.4, -0.2) is 17.8 Å². The molecule has 0 aromatic heterocycles. The van der Waals surface area contributed by atoms with Gasteiger partial charge in [0.15, 0.2) is 5.75 Å². The number of carbonyl (C=O) groups excluding carboxylic acids is 3. The summed E-state index contributed by atoms with van der Waals surface area (Å²) in [7, 11) is 0. The van der Waals surface area contributed by atoms with Crippen molar-refractivity contribution < 1.29 is 19.1 Å². The average Bonchev–Trinajstić information content (AvgIpc) is 2.93. The van der Waals surface area contributed by atoms with Crippen LogP contribution in [0.1, 0.15) is 36.5 Å². The van der Waals surface area contributed by atoms with Crippen molar-refractivity contribution in [1.29, 1.82) is 0 Å². The number of amides is 2. The van der Waals surface area contributed by atoms with E-state index in [1.54, 1.807) is 48.5 Å². The van der Waals surface area contributed by atoms with E-state index in [1.165, 1.54) is 4.90 Å². The van der Waals surface area contributed by atoms with Crippen LogP contribution in [0, 0.1) is 17.8 Å². The number of rotatable bonds is 3. The Balaban J connectivity index is 1.64. The Morgan fingerprint density at radius 3 is 2.37 bits per heavy atom. The Kier molecular flexibility index (Phi) is 4.52. The third-order valence-electron chi connectivity index (χ3n) is 5.51. The first-order valence-corrected chi connectivity index (χ1v) is 9.30. The Bertz CT molecular complexity index is 892. The number of nitrogens with zero attached hydrogens (tertiary/aromatic N) is 1. The molecule has 138 valence electrons. The van der Waals surface area contributed by atoms with E-state index in [9.17, 15) is 14.4 Å². The fraction of sp³-hybridized carbons (Fsp3) is 0.318. The molecule has 1 heterocycles. The van der Waals surface area contributed by atoms with E-state index >= 15 is 0 Å². The highest BCUT2D eigenvalue weighted by Gasteiger charge is 2.50. The van der Waals surface area contributed by atoms with Gasteiger partial charge in [-0.05, 0) is 49.4 Å². The summed E-state index contributed by atoms with van der Waals surface area (Å²) >= 11 is 0. The van der Waals surface area contributed by atoms with Crippen molar-refractivity contribution in [2.75, 3.05) is 4.90 Å². The molecule has 5 nitrogen and oxygen atoms in total. The minimum absolute atomic E-state index is 0.180. The largest absolute Gasteiger partial charge is 0.421 e. The zero-order valence-corrected chi connectivity index (χ0v) is 15.1. The molecule has 4 rings (SSSR count). The van der Waals surface area contributed by atoms with Gasteiger partial charge in [0.05, 0.1) is 23.1 Å². The van der Waals surface area contributed by atoms with Crippen molar-refractivity contribution in [3.8, 4) is 5.75 Å². The maximum absolute atomic E-state index is 13.0. The molecule has 2 aromatic carbocycles. The molecule has 1 aliphatic carbocycles. The van der Waals surface area contributed by atoms with Crippen LogP contribution in [0.2, 0.25) is 0 Å². The van der Waals surface area contributed by atoms with Crippen LogP contribution in [0.3, 0.4) is 0 Å². The molecule has 1 aliphatic heterocycles. The Morgan fingerprint density at radius 2 is 1.59 bits per heavy atom. The minimum atomic E-state index is -0.520. The van der Waals surface area contributed by atoms with Gasteiger partial charge in [-0.25, -0.2) is 9.69 Å². The summed E-state index contributed by atoms with van der Waals surface area (Å²) in [5.41, 5.74) is 0.757. The summed E-state index contributed by atoms with van der Waals surface area (Å²) in [6, 6.07) is 15.4. The number of hydrogen-bond donors (Lipinski definition) is 0. The fourth-order valence-electron chi connectivity index (χ4n) is 4.09. The molecule has 0 spiro atoms. The second-order valence-electron chi connectivity index (χ2n) is 7.37. The molecule has 0 N–H and O–H groups in total. The lowest BCUT2D eigenvalue weighted by atomic mass is 9.76. The number of hydrogen-bond acceptors (Lipinski definition) is 4. The summed E-state index contributed by atoms with van der Waals surface area (Å²) in [4.78, 5) is 39.5. The Morgan fingerprint density at radius 1 is 0.926 bits per heavy atom. The van der Waals surface area contributed by atoms with Crippen LogP contribution < -0.4 is 9.64 Å². The number of imide groups is 1. The molecule has 1 saturated heterocycles. The molecule has 27 heavy (non-hydrogen) atoms. The van der Waals surface area contributed by atoms with Crippen molar-refractivity contribution >= 4 is 23.5 Å². The summed E-state index contributed by atoms with van der Waals surface area (Å²) in [6.07, 6.45) is 2.43. The first-order valence-electron chi connectivity index (χ1n) is 9.30. The number of para-hydroxylation sites is 2. The molecular weight excluding hydrogens is 342 g/mol. The third kappa shape index (κ3) is 3.14.